The quantitative estimate of drug-likeness (QED) is 0.905. The molecule has 1 aliphatic rings. The van der Waals surface area contributed by atoms with Crippen LogP contribution in [0.4, 0.5) is 0 Å². The molecule has 1 saturated heterocycles. The Morgan fingerprint density at radius 3 is 2.60 bits per heavy atom. The molecule has 3 rings (SSSR count). The molecule has 132 valence electrons. The minimum absolute atomic E-state index is 0.00293. The summed E-state index contributed by atoms with van der Waals surface area (Å²) in [6.45, 7) is 5.48. The van der Waals surface area contributed by atoms with Crippen LogP contribution in [0.5, 0.6) is 0 Å². The van der Waals surface area contributed by atoms with E-state index in [2.05, 4.69) is 23.8 Å². The van der Waals surface area contributed by atoms with Gasteiger partial charge in [-0.05, 0) is 30.4 Å². The first kappa shape index (κ1) is 17.1. The van der Waals surface area contributed by atoms with Crippen LogP contribution in [0.3, 0.4) is 0 Å². The first-order valence-corrected chi connectivity index (χ1v) is 8.47. The summed E-state index contributed by atoms with van der Waals surface area (Å²) in [6, 6.07) is 5.27. The van der Waals surface area contributed by atoms with E-state index in [9.17, 15) is 14.4 Å². The van der Waals surface area contributed by atoms with Crippen LogP contribution in [-0.4, -0.2) is 38.4 Å². The van der Waals surface area contributed by atoms with Gasteiger partial charge in [0.05, 0.1) is 12.2 Å². The number of likely N-dealkylation sites (tertiary alicyclic amines) is 1. The predicted molar refractivity (Wildman–Crippen MR) is 93.5 cm³/mol. The number of nitrogens with zero attached hydrogens (tertiary/aromatic N) is 3. The van der Waals surface area contributed by atoms with Gasteiger partial charge in [0.1, 0.15) is 5.56 Å². The van der Waals surface area contributed by atoms with Crippen LogP contribution in [0.25, 0.3) is 0 Å². The van der Waals surface area contributed by atoms with E-state index in [1.54, 1.807) is 29.3 Å². The summed E-state index contributed by atoms with van der Waals surface area (Å²) in [4.78, 5) is 45.9. The van der Waals surface area contributed by atoms with Crippen molar-refractivity contribution in [3.8, 4) is 0 Å². The van der Waals surface area contributed by atoms with Crippen LogP contribution in [0.2, 0.25) is 0 Å². The van der Waals surface area contributed by atoms with Crippen molar-refractivity contribution in [1.82, 2.24) is 19.4 Å². The molecule has 0 saturated carbocycles. The summed E-state index contributed by atoms with van der Waals surface area (Å²) < 4.78 is 1.02. The number of pyridine rings is 1. The van der Waals surface area contributed by atoms with Crippen LogP contribution in [0, 0.1) is 11.8 Å². The molecule has 0 radical (unpaired) electrons. The highest BCUT2D eigenvalue weighted by atomic mass is 16.2. The van der Waals surface area contributed by atoms with E-state index in [0.29, 0.717) is 30.6 Å². The van der Waals surface area contributed by atoms with Gasteiger partial charge in [0.2, 0.25) is 0 Å². The van der Waals surface area contributed by atoms with Gasteiger partial charge in [-0.2, -0.15) is 0 Å². The SMILES string of the molecule is CC1CC(C)CN(C(=O)c2c[nH]c(=O)n(Cc3ccccn3)c2=O)C1. The topological polar surface area (TPSA) is 88.1 Å². The van der Waals surface area contributed by atoms with Crippen molar-refractivity contribution >= 4 is 5.91 Å². The smallest absolute Gasteiger partial charge is 0.328 e. The van der Waals surface area contributed by atoms with Gasteiger partial charge in [0.25, 0.3) is 11.5 Å². The second-order valence-corrected chi connectivity index (χ2v) is 6.88. The van der Waals surface area contributed by atoms with E-state index >= 15 is 0 Å². The summed E-state index contributed by atoms with van der Waals surface area (Å²) in [6.07, 6.45) is 3.89. The standard InChI is InChI=1S/C18H22N4O3/c1-12-7-13(2)10-21(9-12)16(23)15-8-20-18(25)22(17(15)24)11-14-5-3-4-6-19-14/h3-6,8,12-13H,7,9-11H2,1-2H3,(H,20,25). The number of amides is 1. The highest BCUT2D eigenvalue weighted by Crippen LogP contribution is 2.21. The molecule has 7 nitrogen and oxygen atoms in total. The van der Waals surface area contributed by atoms with Crippen molar-refractivity contribution in [2.24, 2.45) is 11.8 Å². The molecule has 2 aromatic rings. The summed E-state index contributed by atoms with van der Waals surface area (Å²) in [5.41, 5.74) is -0.547. The van der Waals surface area contributed by atoms with Gasteiger partial charge in [-0.1, -0.05) is 19.9 Å². The average molecular weight is 342 g/mol. The zero-order chi connectivity index (χ0) is 18.0. The summed E-state index contributed by atoms with van der Waals surface area (Å²) in [5.74, 6) is 0.465. The molecule has 0 bridgehead atoms. The number of rotatable bonds is 3. The van der Waals surface area contributed by atoms with Crippen molar-refractivity contribution < 1.29 is 4.79 Å². The Bertz CT molecular complexity index is 862. The molecular weight excluding hydrogens is 320 g/mol. The van der Waals surface area contributed by atoms with Crippen molar-refractivity contribution in [2.45, 2.75) is 26.8 Å². The lowest BCUT2D eigenvalue weighted by Crippen LogP contribution is -2.46. The third kappa shape index (κ3) is 3.70. The molecule has 1 amide bonds. The molecule has 1 N–H and O–H groups in total. The van der Waals surface area contributed by atoms with E-state index in [1.807, 2.05) is 0 Å². The molecule has 0 spiro atoms. The van der Waals surface area contributed by atoms with Gasteiger partial charge in [0.15, 0.2) is 0 Å². The van der Waals surface area contributed by atoms with E-state index in [-0.39, 0.29) is 18.0 Å². The molecular formula is C18H22N4O3. The first-order chi connectivity index (χ1) is 12.0. The van der Waals surface area contributed by atoms with Gasteiger partial charge in [-0.3, -0.25) is 19.1 Å². The third-order valence-electron chi connectivity index (χ3n) is 4.49. The van der Waals surface area contributed by atoms with Crippen LogP contribution >= 0.6 is 0 Å². The van der Waals surface area contributed by atoms with E-state index < -0.39 is 11.2 Å². The first-order valence-electron chi connectivity index (χ1n) is 8.47. The Kier molecular flexibility index (Phi) is 4.83. The monoisotopic (exact) mass is 342 g/mol. The maximum absolute atomic E-state index is 12.8. The predicted octanol–water partition coefficient (Wildman–Crippen LogP) is 1.10. The van der Waals surface area contributed by atoms with Gasteiger partial charge in [-0.25, -0.2) is 4.79 Å². The van der Waals surface area contributed by atoms with Gasteiger partial charge >= 0.3 is 5.69 Å². The van der Waals surface area contributed by atoms with Crippen molar-refractivity contribution in [3.05, 3.63) is 62.7 Å². The Labute approximate surface area is 145 Å². The Hall–Kier alpha value is -2.70. The lowest BCUT2D eigenvalue weighted by molar-refractivity contribution is 0.0620. The van der Waals surface area contributed by atoms with Gasteiger partial charge < -0.3 is 9.88 Å². The number of hydrogen-bond donors (Lipinski definition) is 1. The molecule has 0 aromatic carbocycles. The largest absolute Gasteiger partial charge is 0.338 e. The zero-order valence-corrected chi connectivity index (χ0v) is 14.4. The summed E-state index contributed by atoms with van der Waals surface area (Å²) in [5, 5.41) is 0. The highest BCUT2D eigenvalue weighted by Gasteiger charge is 2.28. The third-order valence-corrected chi connectivity index (χ3v) is 4.49. The van der Waals surface area contributed by atoms with Crippen molar-refractivity contribution in [3.63, 3.8) is 0 Å². The van der Waals surface area contributed by atoms with E-state index in [0.717, 1.165) is 11.0 Å². The lowest BCUT2D eigenvalue weighted by atomic mass is 9.91. The second kappa shape index (κ2) is 7.04. The molecule has 1 fully saturated rings. The normalized spacial score (nSPS) is 20.5. The minimum Gasteiger partial charge on any atom is -0.338 e. The summed E-state index contributed by atoms with van der Waals surface area (Å²) >= 11 is 0. The van der Waals surface area contributed by atoms with Crippen LogP contribution in [-0.2, 0) is 6.54 Å². The fraction of sp³-hybridized carbons (Fsp3) is 0.444. The molecule has 25 heavy (non-hydrogen) atoms. The van der Waals surface area contributed by atoms with Gasteiger partial charge in [-0.15, -0.1) is 0 Å². The Balaban J connectivity index is 1.92. The number of carbonyl (C=O) groups excluding carboxylic acids is 1. The zero-order valence-electron chi connectivity index (χ0n) is 14.4. The number of carbonyl (C=O) groups is 1. The molecule has 2 aromatic heterocycles. The molecule has 2 unspecified atom stereocenters. The lowest BCUT2D eigenvalue weighted by Gasteiger charge is -2.34. The van der Waals surface area contributed by atoms with Crippen molar-refractivity contribution in [2.75, 3.05) is 13.1 Å². The second-order valence-electron chi connectivity index (χ2n) is 6.88. The van der Waals surface area contributed by atoms with Crippen LogP contribution in [0.1, 0.15) is 36.3 Å². The Morgan fingerprint density at radius 1 is 1.24 bits per heavy atom. The number of aromatic amines is 1. The van der Waals surface area contributed by atoms with Crippen LogP contribution < -0.4 is 11.2 Å². The Morgan fingerprint density at radius 2 is 1.96 bits per heavy atom. The van der Waals surface area contributed by atoms with Gasteiger partial charge in [0, 0.05) is 25.5 Å². The number of nitrogens with one attached hydrogen (secondary N) is 1. The van der Waals surface area contributed by atoms with Crippen molar-refractivity contribution in [1.29, 1.82) is 0 Å². The molecule has 1 aliphatic heterocycles. The number of hydrogen-bond acceptors (Lipinski definition) is 4. The summed E-state index contributed by atoms with van der Waals surface area (Å²) in [7, 11) is 0. The number of piperidine rings is 1. The van der Waals surface area contributed by atoms with E-state index in [4.69, 9.17) is 0 Å². The fourth-order valence-electron chi connectivity index (χ4n) is 3.46. The number of H-pyrrole nitrogens is 1. The van der Waals surface area contributed by atoms with E-state index in [1.165, 1.54) is 6.20 Å². The maximum Gasteiger partial charge on any atom is 0.328 e. The maximum atomic E-state index is 12.8. The molecule has 7 heteroatoms. The highest BCUT2D eigenvalue weighted by molar-refractivity contribution is 5.93. The molecule has 3 heterocycles. The number of aromatic nitrogens is 3. The average Bonchev–Trinajstić information content (AvgIpc) is 2.58. The molecule has 2 atom stereocenters. The molecule has 0 aliphatic carbocycles. The minimum atomic E-state index is -0.578. The fourth-order valence-corrected chi connectivity index (χ4v) is 3.46. The van der Waals surface area contributed by atoms with Crippen LogP contribution in [0.15, 0.2) is 40.2 Å².